The molecule has 1 aliphatic rings. The molecule has 2 heteroatoms. The highest BCUT2D eigenvalue weighted by Gasteiger charge is 2.29. The number of nitrogens with zero attached hydrogens (tertiary/aromatic N) is 2. The standard InChI is InChI=1S/C21H42N2/c1-6-7-8-9-10-11-12-13-14-15-16-22-17-18-23(20(4)5)21(22)19(2)3/h17-21H,6-16H2,1-5H3. The summed E-state index contributed by atoms with van der Waals surface area (Å²) in [7, 11) is 0. The van der Waals surface area contributed by atoms with Crippen LogP contribution in [-0.4, -0.2) is 28.6 Å². The summed E-state index contributed by atoms with van der Waals surface area (Å²) < 4.78 is 0. The summed E-state index contributed by atoms with van der Waals surface area (Å²) in [5.41, 5.74) is 0. The molecular formula is C21H42N2. The number of hydrogen-bond donors (Lipinski definition) is 0. The van der Waals surface area contributed by atoms with Gasteiger partial charge in [0.2, 0.25) is 0 Å². The van der Waals surface area contributed by atoms with E-state index in [1.807, 2.05) is 0 Å². The van der Waals surface area contributed by atoms with Crippen LogP contribution in [0.4, 0.5) is 0 Å². The lowest BCUT2D eigenvalue weighted by atomic mass is 10.1. The quantitative estimate of drug-likeness (QED) is 0.363. The van der Waals surface area contributed by atoms with Crippen LogP contribution in [0.3, 0.4) is 0 Å². The van der Waals surface area contributed by atoms with E-state index in [4.69, 9.17) is 0 Å². The maximum atomic E-state index is 2.56. The molecule has 0 N–H and O–H groups in total. The molecule has 1 heterocycles. The Kier molecular flexibility index (Phi) is 10.5. The van der Waals surface area contributed by atoms with E-state index in [9.17, 15) is 0 Å². The van der Waals surface area contributed by atoms with Crippen molar-refractivity contribution in [2.24, 2.45) is 5.92 Å². The van der Waals surface area contributed by atoms with Crippen LogP contribution in [0.5, 0.6) is 0 Å². The molecule has 0 radical (unpaired) electrons. The Balaban J connectivity index is 2.08. The number of hydrogen-bond acceptors (Lipinski definition) is 2. The van der Waals surface area contributed by atoms with Crippen molar-refractivity contribution in [1.82, 2.24) is 9.80 Å². The minimum absolute atomic E-state index is 0.563. The van der Waals surface area contributed by atoms with Crippen molar-refractivity contribution in [2.75, 3.05) is 6.54 Å². The van der Waals surface area contributed by atoms with Crippen molar-refractivity contribution in [1.29, 1.82) is 0 Å². The van der Waals surface area contributed by atoms with E-state index < -0.39 is 0 Å². The first-order chi connectivity index (χ1) is 11.1. The molecule has 0 saturated carbocycles. The van der Waals surface area contributed by atoms with Crippen molar-refractivity contribution in [2.45, 2.75) is 111 Å². The van der Waals surface area contributed by atoms with E-state index in [2.05, 4.69) is 56.8 Å². The fraction of sp³-hybridized carbons (Fsp3) is 0.905. The second-order valence-corrected chi connectivity index (χ2v) is 7.92. The lowest BCUT2D eigenvalue weighted by molar-refractivity contribution is 0.0843. The van der Waals surface area contributed by atoms with Gasteiger partial charge in [-0.2, -0.15) is 0 Å². The Bertz CT molecular complexity index is 309. The first-order valence-electron chi connectivity index (χ1n) is 10.3. The lowest BCUT2D eigenvalue weighted by Gasteiger charge is -2.38. The van der Waals surface area contributed by atoms with Crippen molar-refractivity contribution >= 4 is 0 Å². The van der Waals surface area contributed by atoms with E-state index in [0.29, 0.717) is 18.1 Å². The predicted molar refractivity (Wildman–Crippen MR) is 103 cm³/mol. The van der Waals surface area contributed by atoms with Gasteiger partial charge in [0.05, 0.1) is 0 Å². The van der Waals surface area contributed by atoms with E-state index in [1.54, 1.807) is 0 Å². The smallest absolute Gasteiger partial charge is 0.103 e. The molecule has 0 spiro atoms. The summed E-state index contributed by atoms with van der Waals surface area (Å²) in [5.74, 6) is 0.676. The molecule has 136 valence electrons. The van der Waals surface area contributed by atoms with Gasteiger partial charge in [-0.1, -0.05) is 78.6 Å². The van der Waals surface area contributed by atoms with Crippen molar-refractivity contribution in [3.8, 4) is 0 Å². The molecule has 2 nitrogen and oxygen atoms in total. The molecule has 0 aromatic rings. The Labute approximate surface area is 146 Å². The number of rotatable bonds is 13. The lowest BCUT2D eigenvalue weighted by Crippen LogP contribution is -2.45. The molecule has 1 atom stereocenters. The van der Waals surface area contributed by atoms with Gasteiger partial charge in [0.25, 0.3) is 0 Å². The summed E-state index contributed by atoms with van der Waals surface area (Å²) in [5, 5.41) is 0. The summed E-state index contributed by atoms with van der Waals surface area (Å²) >= 11 is 0. The fourth-order valence-corrected chi connectivity index (χ4v) is 3.70. The molecule has 0 fully saturated rings. The van der Waals surface area contributed by atoms with E-state index in [-0.39, 0.29) is 0 Å². The van der Waals surface area contributed by atoms with Crippen LogP contribution in [0.1, 0.15) is 98.8 Å². The van der Waals surface area contributed by atoms with Gasteiger partial charge in [0.1, 0.15) is 6.17 Å². The molecular weight excluding hydrogens is 280 g/mol. The Morgan fingerprint density at radius 3 is 1.74 bits per heavy atom. The average Bonchev–Trinajstić information content (AvgIpc) is 2.93. The van der Waals surface area contributed by atoms with Crippen LogP contribution in [0, 0.1) is 5.92 Å². The van der Waals surface area contributed by atoms with Gasteiger partial charge in [-0.25, -0.2) is 0 Å². The normalized spacial score (nSPS) is 18.0. The van der Waals surface area contributed by atoms with Gasteiger partial charge < -0.3 is 9.80 Å². The maximum Gasteiger partial charge on any atom is 0.103 e. The van der Waals surface area contributed by atoms with Crippen molar-refractivity contribution < 1.29 is 0 Å². The topological polar surface area (TPSA) is 6.48 Å². The van der Waals surface area contributed by atoms with Gasteiger partial charge in [-0.3, -0.25) is 0 Å². The van der Waals surface area contributed by atoms with Crippen LogP contribution >= 0.6 is 0 Å². The zero-order valence-electron chi connectivity index (χ0n) is 16.6. The van der Waals surface area contributed by atoms with Crippen LogP contribution < -0.4 is 0 Å². The molecule has 0 aliphatic carbocycles. The zero-order chi connectivity index (χ0) is 17.1. The van der Waals surface area contributed by atoms with Gasteiger partial charge >= 0.3 is 0 Å². The Morgan fingerprint density at radius 1 is 0.739 bits per heavy atom. The highest BCUT2D eigenvalue weighted by molar-refractivity contribution is 4.99. The third-order valence-electron chi connectivity index (χ3n) is 5.04. The largest absolute Gasteiger partial charge is 0.356 e. The van der Waals surface area contributed by atoms with E-state index >= 15 is 0 Å². The van der Waals surface area contributed by atoms with Crippen LogP contribution in [0.2, 0.25) is 0 Å². The zero-order valence-corrected chi connectivity index (χ0v) is 16.6. The minimum Gasteiger partial charge on any atom is -0.356 e. The van der Waals surface area contributed by atoms with Crippen LogP contribution in [0.25, 0.3) is 0 Å². The van der Waals surface area contributed by atoms with Crippen molar-refractivity contribution in [3.63, 3.8) is 0 Å². The third kappa shape index (κ3) is 7.63. The molecule has 0 amide bonds. The third-order valence-corrected chi connectivity index (χ3v) is 5.04. The molecule has 0 aromatic heterocycles. The van der Waals surface area contributed by atoms with Crippen LogP contribution in [-0.2, 0) is 0 Å². The van der Waals surface area contributed by atoms with Crippen molar-refractivity contribution in [3.05, 3.63) is 12.4 Å². The monoisotopic (exact) mass is 322 g/mol. The SMILES string of the molecule is CCCCCCCCCCCCN1C=CN(C(C)C)C1C(C)C. The van der Waals surface area contributed by atoms with Crippen LogP contribution in [0.15, 0.2) is 12.4 Å². The Hall–Kier alpha value is -0.660. The molecule has 0 bridgehead atoms. The Morgan fingerprint density at radius 2 is 1.26 bits per heavy atom. The highest BCUT2D eigenvalue weighted by Crippen LogP contribution is 2.25. The van der Waals surface area contributed by atoms with Gasteiger partial charge in [-0.05, 0) is 26.2 Å². The average molecular weight is 323 g/mol. The molecule has 1 unspecified atom stereocenters. The summed E-state index contributed by atoms with van der Waals surface area (Å²) in [4.78, 5) is 5.08. The van der Waals surface area contributed by atoms with Gasteiger partial charge in [-0.15, -0.1) is 0 Å². The summed E-state index contributed by atoms with van der Waals surface area (Å²) in [6.07, 6.45) is 19.4. The minimum atomic E-state index is 0.563. The summed E-state index contributed by atoms with van der Waals surface area (Å²) in [6.45, 7) is 12.8. The summed E-state index contributed by atoms with van der Waals surface area (Å²) in [6, 6.07) is 0.594. The maximum absolute atomic E-state index is 2.56. The molecule has 1 rings (SSSR count). The molecule has 1 aliphatic heterocycles. The molecule has 0 saturated heterocycles. The second-order valence-electron chi connectivity index (χ2n) is 7.92. The highest BCUT2D eigenvalue weighted by atomic mass is 15.4. The first kappa shape index (κ1) is 20.4. The molecule has 23 heavy (non-hydrogen) atoms. The fourth-order valence-electron chi connectivity index (χ4n) is 3.70. The molecule has 0 aromatic carbocycles. The van der Waals surface area contributed by atoms with Gasteiger partial charge in [0.15, 0.2) is 0 Å². The first-order valence-corrected chi connectivity index (χ1v) is 10.3. The predicted octanol–water partition coefficient (Wildman–Crippen LogP) is 6.39. The number of unbranched alkanes of at least 4 members (excludes halogenated alkanes) is 9. The van der Waals surface area contributed by atoms with E-state index in [1.165, 1.54) is 70.8 Å². The van der Waals surface area contributed by atoms with E-state index in [0.717, 1.165) is 0 Å². The second kappa shape index (κ2) is 11.8. The van der Waals surface area contributed by atoms with Gasteiger partial charge in [0, 0.05) is 25.0 Å².